The van der Waals surface area contributed by atoms with Gasteiger partial charge >= 0.3 is 5.97 Å². The van der Waals surface area contributed by atoms with Crippen molar-refractivity contribution in [3.8, 4) is 0 Å². The van der Waals surface area contributed by atoms with Gasteiger partial charge in [-0.2, -0.15) is 0 Å². The van der Waals surface area contributed by atoms with Crippen LogP contribution in [0.15, 0.2) is 23.3 Å². The Labute approximate surface area is 216 Å². The third kappa shape index (κ3) is 4.08. The van der Waals surface area contributed by atoms with E-state index in [-0.39, 0.29) is 22.9 Å². The molecule has 0 aromatic rings. The van der Waals surface area contributed by atoms with Crippen molar-refractivity contribution in [2.24, 2.45) is 45.3 Å². The van der Waals surface area contributed by atoms with Crippen LogP contribution < -0.4 is 0 Å². The average molecular weight is 483 g/mol. The van der Waals surface area contributed by atoms with Crippen LogP contribution in [0, 0.1) is 45.3 Å². The summed E-state index contributed by atoms with van der Waals surface area (Å²) in [6.45, 7) is 25.7. The van der Waals surface area contributed by atoms with Crippen molar-refractivity contribution < 1.29 is 9.53 Å². The normalized spacial score (nSPS) is 41.1. The Hall–Kier alpha value is -1.05. The molecule has 0 spiro atoms. The number of carbonyl (C=O) groups excluding carboxylic acids is 1. The number of allylic oxidation sites excluding steroid dienone is 3. The lowest BCUT2D eigenvalue weighted by Crippen LogP contribution is -2.55. The predicted molar refractivity (Wildman–Crippen MR) is 147 cm³/mol. The van der Waals surface area contributed by atoms with Gasteiger partial charge in [-0.1, -0.05) is 78.7 Å². The summed E-state index contributed by atoms with van der Waals surface area (Å²) in [5, 5.41) is 0. The van der Waals surface area contributed by atoms with E-state index in [1.54, 1.807) is 6.92 Å². The molecule has 4 aliphatic rings. The first-order chi connectivity index (χ1) is 16.2. The molecule has 4 rings (SSSR count). The van der Waals surface area contributed by atoms with Crippen molar-refractivity contribution in [1.82, 2.24) is 0 Å². The highest BCUT2D eigenvalue weighted by atomic mass is 16.5. The number of carbonyl (C=O) groups is 1. The molecule has 0 bridgehead atoms. The molecule has 35 heavy (non-hydrogen) atoms. The van der Waals surface area contributed by atoms with Crippen LogP contribution in [-0.4, -0.2) is 12.1 Å². The number of ether oxygens (including phenoxy) is 1. The SMILES string of the molecule is C=C(CCC(C)C1CCC2(C)C3=C(CCC12C)C1(C)CCC(OC(C)=O)C(C)(C)C1CC3)C(C)C. The Morgan fingerprint density at radius 3 is 2.29 bits per heavy atom. The van der Waals surface area contributed by atoms with Crippen LogP contribution in [0.25, 0.3) is 0 Å². The first-order valence-electron chi connectivity index (χ1n) is 14.8. The molecule has 2 nitrogen and oxygen atoms in total. The maximum Gasteiger partial charge on any atom is 0.302 e. The lowest BCUT2D eigenvalue weighted by molar-refractivity contribution is -0.167. The first-order valence-corrected chi connectivity index (χ1v) is 14.8. The molecule has 7 unspecified atom stereocenters. The van der Waals surface area contributed by atoms with E-state index in [0.29, 0.717) is 22.7 Å². The van der Waals surface area contributed by atoms with E-state index >= 15 is 0 Å². The second-order valence-corrected chi connectivity index (χ2v) is 14.6. The zero-order chi connectivity index (χ0) is 26.0. The van der Waals surface area contributed by atoms with Gasteiger partial charge in [0.1, 0.15) is 6.10 Å². The van der Waals surface area contributed by atoms with Gasteiger partial charge in [0.2, 0.25) is 0 Å². The van der Waals surface area contributed by atoms with Crippen LogP contribution >= 0.6 is 0 Å². The molecule has 0 amide bonds. The average Bonchev–Trinajstić information content (AvgIpc) is 3.05. The van der Waals surface area contributed by atoms with Gasteiger partial charge in [0.25, 0.3) is 0 Å². The fourth-order valence-electron chi connectivity index (χ4n) is 9.93. The molecule has 0 radical (unpaired) electrons. The summed E-state index contributed by atoms with van der Waals surface area (Å²) in [5.74, 6) is 2.67. The second kappa shape index (κ2) is 9.05. The van der Waals surface area contributed by atoms with Crippen LogP contribution in [0.2, 0.25) is 0 Å². The van der Waals surface area contributed by atoms with Gasteiger partial charge in [-0.05, 0) is 104 Å². The third-order valence-electron chi connectivity index (χ3n) is 12.5. The number of esters is 1. The maximum atomic E-state index is 11.8. The lowest BCUT2D eigenvalue weighted by atomic mass is 9.43. The molecule has 0 aliphatic heterocycles. The Morgan fingerprint density at radius 2 is 1.66 bits per heavy atom. The number of hydrogen-bond donors (Lipinski definition) is 0. The van der Waals surface area contributed by atoms with E-state index in [9.17, 15) is 4.79 Å². The molecular formula is C33H54O2. The van der Waals surface area contributed by atoms with Crippen molar-refractivity contribution in [1.29, 1.82) is 0 Å². The minimum absolute atomic E-state index is 0.0321. The van der Waals surface area contributed by atoms with E-state index in [4.69, 9.17) is 4.74 Å². The van der Waals surface area contributed by atoms with E-state index < -0.39 is 0 Å². The molecule has 2 heteroatoms. The molecule has 0 heterocycles. The van der Waals surface area contributed by atoms with Crippen LogP contribution in [0.4, 0.5) is 0 Å². The molecule has 2 fully saturated rings. The van der Waals surface area contributed by atoms with Crippen molar-refractivity contribution in [3.63, 3.8) is 0 Å². The van der Waals surface area contributed by atoms with Crippen LogP contribution in [0.1, 0.15) is 127 Å². The van der Waals surface area contributed by atoms with E-state index in [1.807, 2.05) is 11.1 Å². The zero-order valence-corrected chi connectivity index (χ0v) is 24.5. The number of fused-ring (bicyclic) bond motifs is 4. The summed E-state index contributed by atoms with van der Waals surface area (Å²) in [7, 11) is 0. The van der Waals surface area contributed by atoms with Crippen LogP contribution in [-0.2, 0) is 9.53 Å². The topological polar surface area (TPSA) is 26.3 Å². The van der Waals surface area contributed by atoms with Gasteiger partial charge in [0.15, 0.2) is 0 Å². The summed E-state index contributed by atoms with van der Waals surface area (Å²) < 4.78 is 5.88. The molecule has 198 valence electrons. The molecule has 2 saturated carbocycles. The highest BCUT2D eigenvalue weighted by Gasteiger charge is 2.63. The minimum atomic E-state index is -0.119. The maximum absolute atomic E-state index is 11.8. The monoisotopic (exact) mass is 482 g/mol. The second-order valence-electron chi connectivity index (χ2n) is 14.6. The van der Waals surface area contributed by atoms with Gasteiger partial charge in [-0.25, -0.2) is 0 Å². The summed E-state index contributed by atoms with van der Waals surface area (Å²) in [4.78, 5) is 11.8. The summed E-state index contributed by atoms with van der Waals surface area (Å²) in [5.41, 5.74) is 6.16. The third-order valence-corrected chi connectivity index (χ3v) is 12.5. The Balaban J connectivity index is 1.61. The van der Waals surface area contributed by atoms with Gasteiger partial charge < -0.3 is 4.74 Å². The van der Waals surface area contributed by atoms with Crippen molar-refractivity contribution in [3.05, 3.63) is 23.3 Å². The summed E-state index contributed by atoms with van der Waals surface area (Å²) >= 11 is 0. The summed E-state index contributed by atoms with van der Waals surface area (Å²) in [6, 6.07) is 0. The molecule has 0 aromatic heterocycles. The van der Waals surface area contributed by atoms with Gasteiger partial charge in [0.05, 0.1) is 0 Å². The van der Waals surface area contributed by atoms with Crippen molar-refractivity contribution >= 4 is 5.97 Å². The predicted octanol–water partition coefficient (Wildman–Crippen LogP) is 9.30. The van der Waals surface area contributed by atoms with E-state index in [1.165, 1.54) is 63.4 Å². The molecular weight excluding hydrogens is 428 g/mol. The molecule has 0 N–H and O–H groups in total. The standard InChI is InChI=1S/C33H54O2/c1-21(2)22(3)11-12-23(4)25-15-19-33(10)27-13-14-28-30(6,7)29(35-24(5)34)17-18-31(28,8)26(27)16-20-32(25,33)9/h21,23,25,28-29H,3,11-20H2,1-2,4-10H3. The molecule has 0 aromatic carbocycles. The number of hydrogen-bond acceptors (Lipinski definition) is 2. The Morgan fingerprint density at radius 1 is 0.971 bits per heavy atom. The van der Waals surface area contributed by atoms with Gasteiger partial charge in [-0.15, -0.1) is 0 Å². The van der Waals surface area contributed by atoms with Crippen molar-refractivity contribution in [2.75, 3.05) is 0 Å². The van der Waals surface area contributed by atoms with E-state index in [0.717, 1.165) is 18.3 Å². The van der Waals surface area contributed by atoms with Gasteiger partial charge in [-0.3, -0.25) is 4.79 Å². The fourth-order valence-corrected chi connectivity index (χ4v) is 9.93. The van der Waals surface area contributed by atoms with Gasteiger partial charge in [0, 0.05) is 12.3 Å². The van der Waals surface area contributed by atoms with Crippen LogP contribution in [0.5, 0.6) is 0 Å². The minimum Gasteiger partial charge on any atom is -0.462 e. The quantitative estimate of drug-likeness (QED) is 0.278. The zero-order valence-electron chi connectivity index (χ0n) is 24.5. The number of rotatable bonds is 6. The lowest BCUT2D eigenvalue weighted by Gasteiger charge is -2.62. The highest BCUT2D eigenvalue weighted by Crippen LogP contribution is 2.72. The smallest absolute Gasteiger partial charge is 0.302 e. The largest absolute Gasteiger partial charge is 0.462 e. The summed E-state index contributed by atoms with van der Waals surface area (Å²) in [6.07, 6.45) is 12.6. The van der Waals surface area contributed by atoms with E-state index in [2.05, 4.69) is 62.0 Å². The van der Waals surface area contributed by atoms with Crippen LogP contribution in [0.3, 0.4) is 0 Å². The first kappa shape index (κ1) is 27.0. The fraction of sp³-hybridized carbons (Fsp3) is 0.848. The molecule has 7 atom stereocenters. The molecule has 0 saturated heterocycles. The highest BCUT2D eigenvalue weighted by molar-refractivity contribution is 5.66. The molecule has 4 aliphatic carbocycles. The Bertz CT molecular complexity index is 893. The Kier molecular flexibility index (Phi) is 6.98. The van der Waals surface area contributed by atoms with Crippen molar-refractivity contribution in [2.45, 2.75) is 133 Å².